The lowest BCUT2D eigenvalue weighted by Crippen LogP contribution is -2.44. The van der Waals surface area contributed by atoms with Gasteiger partial charge in [0.25, 0.3) is 0 Å². The maximum absolute atomic E-state index is 9.43. The van der Waals surface area contributed by atoms with Gasteiger partial charge in [-0.3, -0.25) is 0 Å². The maximum atomic E-state index is 9.43. The highest BCUT2D eigenvalue weighted by Crippen LogP contribution is 2.38. The fourth-order valence-electron chi connectivity index (χ4n) is 1.65. The Balaban J connectivity index is 2.13. The van der Waals surface area contributed by atoms with E-state index in [9.17, 15) is 10.2 Å². The van der Waals surface area contributed by atoms with Gasteiger partial charge in [-0.25, -0.2) is 0 Å². The van der Waals surface area contributed by atoms with Crippen LogP contribution in [0.15, 0.2) is 5.11 Å². The second-order valence-corrected chi connectivity index (χ2v) is 3.13. The molecule has 0 amide bonds. The van der Waals surface area contributed by atoms with Crippen LogP contribution >= 0.6 is 0 Å². The van der Waals surface area contributed by atoms with E-state index in [2.05, 4.69) is 10.0 Å². The molecular weight excluding hydrogens is 162 g/mol. The molecule has 0 unspecified atom stereocenters. The molecule has 6 heteroatoms. The van der Waals surface area contributed by atoms with Crippen molar-refractivity contribution in [3.8, 4) is 0 Å². The predicted molar refractivity (Wildman–Crippen MR) is 38.2 cm³/mol. The molecule has 0 bridgehead atoms. The van der Waals surface area contributed by atoms with Crippen molar-refractivity contribution in [3.05, 3.63) is 10.4 Å². The summed E-state index contributed by atoms with van der Waals surface area (Å²) in [6.07, 6.45) is -1.45. The molecule has 6 nitrogen and oxygen atoms in total. The summed E-state index contributed by atoms with van der Waals surface area (Å²) in [5.41, 5.74) is 8.15. The van der Waals surface area contributed by atoms with Crippen molar-refractivity contribution in [1.82, 2.24) is 0 Å². The molecule has 12 heavy (non-hydrogen) atoms. The molecule has 5 atom stereocenters. The Morgan fingerprint density at radius 2 is 2.25 bits per heavy atom. The molecule has 0 aromatic carbocycles. The van der Waals surface area contributed by atoms with Crippen LogP contribution < -0.4 is 0 Å². The van der Waals surface area contributed by atoms with E-state index in [0.717, 1.165) is 0 Å². The Labute approximate surface area is 68.4 Å². The molecule has 2 N–H and O–H groups in total. The lowest BCUT2D eigenvalue weighted by atomic mass is 9.91. The van der Waals surface area contributed by atoms with Gasteiger partial charge in [0.15, 0.2) is 0 Å². The molecule has 1 aliphatic heterocycles. The van der Waals surface area contributed by atoms with Crippen LogP contribution in [0.1, 0.15) is 6.42 Å². The van der Waals surface area contributed by atoms with Crippen LogP contribution in [0.4, 0.5) is 0 Å². The number of hydrogen-bond acceptors (Lipinski definition) is 4. The van der Waals surface area contributed by atoms with Crippen LogP contribution in [-0.4, -0.2) is 40.7 Å². The average Bonchev–Trinajstić information content (AvgIpc) is 2.76. The first-order valence-corrected chi connectivity index (χ1v) is 3.80. The summed E-state index contributed by atoms with van der Waals surface area (Å²) in [4.78, 5) is 2.56. The van der Waals surface area contributed by atoms with Crippen LogP contribution in [0.2, 0.25) is 0 Å². The number of epoxide rings is 1. The third-order valence-electron chi connectivity index (χ3n) is 2.36. The highest BCUT2D eigenvalue weighted by Gasteiger charge is 2.54. The molecule has 1 saturated heterocycles. The van der Waals surface area contributed by atoms with Gasteiger partial charge >= 0.3 is 0 Å². The van der Waals surface area contributed by atoms with Crippen molar-refractivity contribution in [3.63, 3.8) is 0 Å². The van der Waals surface area contributed by atoms with Gasteiger partial charge in [0.2, 0.25) is 0 Å². The zero-order valence-electron chi connectivity index (χ0n) is 6.24. The normalized spacial score (nSPS) is 50.7. The molecular formula is C6H9N3O3. The number of nitrogens with zero attached hydrogens (tertiary/aromatic N) is 3. The summed E-state index contributed by atoms with van der Waals surface area (Å²) >= 11 is 0. The second-order valence-electron chi connectivity index (χ2n) is 3.13. The predicted octanol–water partition coefficient (Wildman–Crippen LogP) is -0.442. The number of ether oxygens (including phenoxy) is 1. The van der Waals surface area contributed by atoms with Crippen LogP contribution in [0, 0.1) is 0 Å². The van der Waals surface area contributed by atoms with E-state index in [1.165, 1.54) is 0 Å². The average molecular weight is 171 g/mol. The number of aliphatic hydroxyl groups excluding tert-OH is 2. The highest BCUT2D eigenvalue weighted by molar-refractivity contribution is 5.05. The van der Waals surface area contributed by atoms with Crippen LogP contribution in [-0.2, 0) is 4.74 Å². The first-order valence-electron chi connectivity index (χ1n) is 3.80. The van der Waals surface area contributed by atoms with Crippen molar-refractivity contribution in [2.75, 3.05) is 0 Å². The summed E-state index contributed by atoms with van der Waals surface area (Å²) in [5, 5.41) is 22.1. The minimum atomic E-state index is -0.852. The van der Waals surface area contributed by atoms with Crippen molar-refractivity contribution in [2.24, 2.45) is 5.11 Å². The van der Waals surface area contributed by atoms with E-state index >= 15 is 0 Å². The van der Waals surface area contributed by atoms with Gasteiger partial charge in [0.05, 0.1) is 24.4 Å². The monoisotopic (exact) mass is 171 g/mol. The third kappa shape index (κ3) is 1.05. The first kappa shape index (κ1) is 7.82. The van der Waals surface area contributed by atoms with E-state index in [4.69, 9.17) is 10.3 Å². The fourth-order valence-corrected chi connectivity index (χ4v) is 1.65. The Morgan fingerprint density at radius 3 is 2.92 bits per heavy atom. The van der Waals surface area contributed by atoms with E-state index in [1.54, 1.807) is 0 Å². The summed E-state index contributed by atoms with van der Waals surface area (Å²) < 4.78 is 5.04. The summed E-state index contributed by atoms with van der Waals surface area (Å²) in [7, 11) is 0. The Morgan fingerprint density at radius 1 is 1.50 bits per heavy atom. The Kier molecular flexibility index (Phi) is 1.69. The Hall–Kier alpha value is -0.810. The van der Waals surface area contributed by atoms with Crippen molar-refractivity contribution in [1.29, 1.82) is 0 Å². The van der Waals surface area contributed by atoms with E-state index in [0.29, 0.717) is 6.42 Å². The zero-order chi connectivity index (χ0) is 8.72. The molecule has 0 radical (unpaired) electrons. The number of hydrogen-bond donors (Lipinski definition) is 2. The second kappa shape index (κ2) is 2.60. The van der Waals surface area contributed by atoms with Crippen molar-refractivity contribution in [2.45, 2.75) is 36.9 Å². The number of azide groups is 1. The van der Waals surface area contributed by atoms with Gasteiger partial charge in [-0.15, -0.1) is 0 Å². The minimum absolute atomic E-state index is 0.0415. The van der Waals surface area contributed by atoms with Gasteiger partial charge < -0.3 is 14.9 Å². The van der Waals surface area contributed by atoms with Gasteiger partial charge in [-0.2, -0.15) is 0 Å². The minimum Gasteiger partial charge on any atom is -0.392 e. The molecule has 1 aliphatic carbocycles. The standard InChI is InChI=1S/C6H9N3O3/c7-9-8-4-2(10)1-3-6(12-3)5(4)11/h2-6,10-11H,1H2/t2-,3+,4+,5-,6+/m1/s1. The molecule has 2 rings (SSSR count). The summed E-state index contributed by atoms with van der Waals surface area (Å²) in [5.74, 6) is 0. The fraction of sp³-hybridized carbons (Fsp3) is 1.00. The molecule has 2 fully saturated rings. The van der Waals surface area contributed by atoms with Crippen LogP contribution in [0.5, 0.6) is 0 Å². The van der Waals surface area contributed by atoms with Crippen molar-refractivity contribution < 1.29 is 14.9 Å². The van der Waals surface area contributed by atoms with E-state index in [1.807, 2.05) is 0 Å². The summed E-state index contributed by atoms with van der Waals surface area (Å²) in [6.45, 7) is 0. The van der Waals surface area contributed by atoms with Crippen molar-refractivity contribution >= 4 is 0 Å². The lowest BCUT2D eigenvalue weighted by molar-refractivity contribution is 0.0301. The maximum Gasteiger partial charge on any atom is 0.111 e. The molecule has 66 valence electrons. The lowest BCUT2D eigenvalue weighted by Gasteiger charge is -2.25. The number of aliphatic hydroxyl groups is 2. The topological polar surface area (TPSA) is 102 Å². The molecule has 0 aromatic rings. The van der Waals surface area contributed by atoms with E-state index < -0.39 is 18.2 Å². The van der Waals surface area contributed by atoms with Gasteiger partial charge in [0.1, 0.15) is 6.10 Å². The molecule has 0 aromatic heterocycles. The molecule has 1 saturated carbocycles. The highest BCUT2D eigenvalue weighted by atomic mass is 16.6. The SMILES string of the molecule is [N-]=[N+]=N[C@@H]1[C@@H](O)[C@H]2O[C@H]2C[C@H]1O. The van der Waals surface area contributed by atoms with E-state index in [-0.39, 0.29) is 12.2 Å². The smallest absolute Gasteiger partial charge is 0.111 e. The van der Waals surface area contributed by atoms with Crippen LogP contribution in [0.3, 0.4) is 0 Å². The third-order valence-corrected chi connectivity index (χ3v) is 2.36. The Bertz CT molecular complexity index is 240. The largest absolute Gasteiger partial charge is 0.392 e. The number of rotatable bonds is 1. The molecule has 0 spiro atoms. The molecule has 2 aliphatic rings. The molecule has 1 heterocycles. The van der Waals surface area contributed by atoms with Crippen LogP contribution in [0.25, 0.3) is 10.4 Å². The summed E-state index contributed by atoms with van der Waals surface area (Å²) in [6, 6.07) is -0.751. The van der Waals surface area contributed by atoms with Gasteiger partial charge in [-0.1, -0.05) is 5.11 Å². The first-order chi connectivity index (χ1) is 5.74. The quantitative estimate of drug-likeness (QED) is 0.242. The zero-order valence-corrected chi connectivity index (χ0v) is 6.24. The number of fused-ring (bicyclic) bond motifs is 1. The van der Waals surface area contributed by atoms with Gasteiger partial charge in [-0.05, 0) is 5.53 Å². The van der Waals surface area contributed by atoms with Gasteiger partial charge in [0, 0.05) is 11.3 Å².